The monoisotopic (exact) mass is 490 g/mol. The number of nitrogens with zero attached hydrogens (tertiary/aromatic N) is 7. The van der Waals surface area contributed by atoms with Gasteiger partial charge in [0.25, 0.3) is 5.69 Å². The van der Waals surface area contributed by atoms with Gasteiger partial charge in [0.15, 0.2) is 0 Å². The van der Waals surface area contributed by atoms with E-state index in [4.69, 9.17) is 9.40 Å². The minimum Gasteiger partial charge on any atom is -0.455 e. The van der Waals surface area contributed by atoms with E-state index in [1.165, 1.54) is 18.9 Å². The van der Waals surface area contributed by atoms with Gasteiger partial charge in [-0.05, 0) is 69.7 Å². The highest BCUT2D eigenvalue weighted by molar-refractivity contribution is 5.78. The number of hydrogen-bond acceptors (Lipinski definition) is 10. The third-order valence-electron chi connectivity index (χ3n) is 6.55. The van der Waals surface area contributed by atoms with E-state index in [1.807, 2.05) is 6.07 Å². The van der Waals surface area contributed by atoms with E-state index in [2.05, 4.69) is 30.3 Å². The van der Waals surface area contributed by atoms with Crippen molar-refractivity contribution >= 4 is 29.7 Å². The second kappa shape index (κ2) is 10.7. The van der Waals surface area contributed by atoms with Crippen LogP contribution in [0.25, 0.3) is 11.3 Å². The molecule has 0 aliphatic carbocycles. The van der Waals surface area contributed by atoms with Crippen LogP contribution in [0.5, 0.6) is 0 Å². The number of hydrazone groups is 1. The minimum atomic E-state index is -0.389. The minimum absolute atomic E-state index is 0.0847. The first-order valence-corrected chi connectivity index (χ1v) is 12.5. The Morgan fingerprint density at radius 1 is 0.944 bits per heavy atom. The summed E-state index contributed by atoms with van der Waals surface area (Å²) in [6.07, 6.45) is 8.59. The van der Waals surface area contributed by atoms with E-state index in [0.717, 1.165) is 57.4 Å². The first kappa shape index (κ1) is 23.7. The molecule has 188 valence electrons. The fourth-order valence-electron chi connectivity index (χ4n) is 4.62. The standard InChI is InChI=1S/C25H30N8O3/c1-18-16-19(8-10-21(18)33(34)35)22-11-9-20(36-22)17-26-30-23-27-24(31-12-4-2-5-13-31)29-25(28-23)32-14-6-3-7-15-32/h8-11,16-17H,2-7,12-15H2,1H3,(H,27,28,29,30). The molecule has 0 spiro atoms. The zero-order valence-electron chi connectivity index (χ0n) is 20.4. The topological polar surface area (TPSA) is 126 Å². The largest absolute Gasteiger partial charge is 0.455 e. The normalized spacial score (nSPS) is 16.5. The molecule has 2 aliphatic rings. The lowest BCUT2D eigenvalue weighted by Crippen LogP contribution is -2.34. The van der Waals surface area contributed by atoms with E-state index >= 15 is 0 Å². The van der Waals surface area contributed by atoms with Crippen molar-refractivity contribution in [2.24, 2.45) is 5.10 Å². The number of aromatic nitrogens is 3. The second-order valence-corrected chi connectivity index (χ2v) is 9.18. The highest BCUT2D eigenvalue weighted by Crippen LogP contribution is 2.27. The molecule has 36 heavy (non-hydrogen) atoms. The quantitative estimate of drug-likeness (QED) is 0.283. The van der Waals surface area contributed by atoms with Crippen molar-refractivity contribution in [3.63, 3.8) is 0 Å². The van der Waals surface area contributed by atoms with Gasteiger partial charge in [-0.25, -0.2) is 5.43 Å². The number of nitro benzene ring substituents is 1. The van der Waals surface area contributed by atoms with Crippen molar-refractivity contribution in [1.29, 1.82) is 0 Å². The maximum atomic E-state index is 11.1. The maximum Gasteiger partial charge on any atom is 0.272 e. The van der Waals surface area contributed by atoms with Crippen LogP contribution in [0.15, 0.2) is 39.9 Å². The number of nitrogens with one attached hydrogen (secondary N) is 1. The summed E-state index contributed by atoms with van der Waals surface area (Å²) in [6, 6.07) is 8.52. The van der Waals surface area contributed by atoms with Gasteiger partial charge in [0.2, 0.25) is 17.8 Å². The van der Waals surface area contributed by atoms with Crippen molar-refractivity contribution < 1.29 is 9.34 Å². The van der Waals surface area contributed by atoms with Gasteiger partial charge < -0.3 is 14.2 Å². The van der Waals surface area contributed by atoms with Crippen LogP contribution in [0.1, 0.15) is 49.8 Å². The predicted octanol–water partition coefficient (Wildman–Crippen LogP) is 4.77. The van der Waals surface area contributed by atoms with Gasteiger partial charge in [0.1, 0.15) is 11.5 Å². The first-order valence-electron chi connectivity index (χ1n) is 12.5. The highest BCUT2D eigenvalue weighted by atomic mass is 16.6. The molecule has 5 rings (SSSR count). The van der Waals surface area contributed by atoms with Gasteiger partial charge >= 0.3 is 0 Å². The molecule has 2 fully saturated rings. The van der Waals surface area contributed by atoms with Gasteiger partial charge in [0.05, 0.1) is 11.1 Å². The van der Waals surface area contributed by atoms with Crippen molar-refractivity contribution in [2.75, 3.05) is 41.4 Å². The Balaban J connectivity index is 1.32. The van der Waals surface area contributed by atoms with E-state index in [0.29, 0.717) is 34.9 Å². The van der Waals surface area contributed by atoms with E-state index in [-0.39, 0.29) is 10.6 Å². The van der Waals surface area contributed by atoms with Gasteiger partial charge in [0, 0.05) is 43.4 Å². The summed E-state index contributed by atoms with van der Waals surface area (Å²) in [7, 11) is 0. The molecule has 11 nitrogen and oxygen atoms in total. The Hall–Kier alpha value is -4.02. The first-order chi connectivity index (χ1) is 17.6. The Bertz CT molecular complexity index is 1210. The molecule has 1 aromatic carbocycles. The third kappa shape index (κ3) is 5.45. The number of rotatable bonds is 7. The lowest BCUT2D eigenvalue weighted by molar-refractivity contribution is -0.385. The Labute approximate surface area is 209 Å². The molecule has 2 aliphatic heterocycles. The zero-order valence-corrected chi connectivity index (χ0v) is 20.4. The van der Waals surface area contributed by atoms with Gasteiger partial charge in [-0.15, -0.1) is 0 Å². The number of furan rings is 1. The van der Waals surface area contributed by atoms with Crippen LogP contribution in [0.3, 0.4) is 0 Å². The predicted molar refractivity (Wildman–Crippen MR) is 139 cm³/mol. The Morgan fingerprint density at radius 2 is 1.58 bits per heavy atom. The molecule has 0 atom stereocenters. The summed E-state index contributed by atoms with van der Waals surface area (Å²) in [4.78, 5) is 29.2. The molecule has 1 N–H and O–H groups in total. The number of nitro groups is 1. The molecule has 2 saturated heterocycles. The van der Waals surface area contributed by atoms with E-state index in [9.17, 15) is 10.1 Å². The van der Waals surface area contributed by atoms with Crippen molar-refractivity contribution in [3.05, 3.63) is 51.8 Å². The molecule has 0 radical (unpaired) electrons. The Kier molecular flexibility index (Phi) is 7.06. The zero-order chi connectivity index (χ0) is 24.9. The molecule has 0 unspecified atom stereocenters. The molecular formula is C25H30N8O3. The average molecular weight is 491 g/mol. The smallest absolute Gasteiger partial charge is 0.272 e. The molecule has 0 saturated carbocycles. The number of anilines is 3. The summed E-state index contributed by atoms with van der Waals surface area (Å²) in [6.45, 7) is 5.50. The summed E-state index contributed by atoms with van der Waals surface area (Å²) >= 11 is 0. The van der Waals surface area contributed by atoms with Crippen LogP contribution in [0.4, 0.5) is 23.5 Å². The SMILES string of the molecule is Cc1cc(-c2ccc(C=NNc3nc(N4CCCCC4)nc(N4CCCCC4)n3)o2)ccc1[N+](=O)[O-]. The molecular weight excluding hydrogens is 460 g/mol. The van der Waals surface area contributed by atoms with Crippen LogP contribution < -0.4 is 15.2 Å². The lowest BCUT2D eigenvalue weighted by Gasteiger charge is -2.30. The van der Waals surface area contributed by atoms with Crippen molar-refractivity contribution in [1.82, 2.24) is 15.0 Å². The van der Waals surface area contributed by atoms with Crippen LogP contribution in [0.2, 0.25) is 0 Å². The van der Waals surface area contributed by atoms with Crippen LogP contribution >= 0.6 is 0 Å². The molecule has 2 aromatic heterocycles. The fraction of sp³-hybridized carbons (Fsp3) is 0.440. The summed E-state index contributed by atoms with van der Waals surface area (Å²) < 4.78 is 5.87. The van der Waals surface area contributed by atoms with Crippen molar-refractivity contribution in [2.45, 2.75) is 45.4 Å². The van der Waals surface area contributed by atoms with Gasteiger partial charge in [-0.1, -0.05) is 0 Å². The average Bonchev–Trinajstić information content (AvgIpc) is 3.38. The summed E-state index contributed by atoms with van der Waals surface area (Å²) in [5, 5.41) is 15.4. The van der Waals surface area contributed by atoms with Gasteiger partial charge in [-0.3, -0.25) is 10.1 Å². The second-order valence-electron chi connectivity index (χ2n) is 9.18. The van der Waals surface area contributed by atoms with Crippen LogP contribution in [-0.2, 0) is 0 Å². The molecule has 3 aromatic rings. The third-order valence-corrected chi connectivity index (χ3v) is 6.55. The number of hydrogen-bond donors (Lipinski definition) is 1. The molecule has 11 heteroatoms. The number of benzene rings is 1. The molecule has 0 bridgehead atoms. The van der Waals surface area contributed by atoms with Crippen LogP contribution in [-0.4, -0.2) is 52.3 Å². The molecule has 4 heterocycles. The number of aryl methyl sites for hydroxylation is 1. The van der Waals surface area contributed by atoms with Gasteiger partial charge in [-0.2, -0.15) is 20.1 Å². The highest BCUT2D eigenvalue weighted by Gasteiger charge is 2.20. The van der Waals surface area contributed by atoms with Crippen molar-refractivity contribution in [3.8, 4) is 11.3 Å². The summed E-state index contributed by atoms with van der Waals surface area (Å²) in [5.74, 6) is 2.93. The summed E-state index contributed by atoms with van der Waals surface area (Å²) in [5.41, 5.74) is 4.38. The fourth-order valence-corrected chi connectivity index (χ4v) is 4.62. The Morgan fingerprint density at radius 3 is 2.17 bits per heavy atom. The van der Waals surface area contributed by atoms with Crippen LogP contribution in [0, 0.1) is 17.0 Å². The molecule has 0 amide bonds. The van der Waals surface area contributed by atoms with E-state index in [1.54, 1.807) is 31.3 Å². The lowest BCUT2D eigenvalue weighted by atomic mass is 10.1. The van der Waals surface area contributed by atoms with E-state index < -0.39 is 0 Å². The number of piperidine rings is 2. The maximum absolute atomic E-state index is 11.1.